The van der Waals surface area contributed by atoms with Gasteiger partial charge in [0, 0.05) is 13.1 Å². The topological polar surface area (TPSA) is 32.8 Å². The van der Waals surface area contributed by atoms with Gasteiger partial charge in [-0.25, -0.2) is 4.79 Å². The first kappa shape index (κ1) is 17.3. The maximum Gasteiger partial charge on any atom is 0.410 e. The summed E-state index contributed by atoms with van der Waals surface area (Å²) in [7, 11) is 2.19. The minimum Gasteiger partial charge on any atom is -0.444 e. The molecule has 1 rings (SSSR count). The molecule has 0 aliphatic carbocycles. The van der Waals surface area contributed by atoms with Gasteiger partial charge in [-0.2, -0.15) is 0 Å². The fourth-order valence-corrected chi connectivity index (χ4v) is 2.63. The number of hydrogen-bond acceptors (Lipinski definition) is 3. The average molecular weight is 284 g/mol. The van der Waals surface area contributed by atoms with E-state index in [0.29, 0.717) is 0 Å². The molecule has 20 heavy (non-hydrogen) atoms. The third kappa shape index (κ3) is 6.60. The van der Waals surface area contributed by atoms with Gasteiger partial charge in [0.25, 0.3) is 0 Å². The van der Waals surface area contributed by atoms with E-state index in [0.717, 1.165) is 31.8 Å². The summed E-state index contributed by atoms with van der Waals surface area (Å²) in [5, 5.41) is 0. The number of ether oxygens (including phenoxy) is 1. The third-order valence-electron chi connectivity index (χ3n) is 3.79. The molecule has 1 saturated heterocycles. The summed E-state index contributed by atoms with van der Waals surface area (Å²) < 4.78 is 5.42. The molecular formula is C16H32N2O2. The molecule has 1 fully saturated rings. The first-order valence-corrected chi connectivity index (χ1v) is 7.98. The quantitative estimate of drug-likeness (QED) is 0.776. The van der Waals surface area contributed by atoms with E-state index in [9.17, 15) is 4.79 Å². The highest BCUT2D eigenvalue weighted by Crippen LogP contribution is 2.22. The van der Waals surface area contributed by atoms with E-state index >= 15 is 0 Å². The summed E-state index contributed by atoms with van der Waals surface area (Å²) in [6.07, 6.45) is 4.53. The number of nitrogens with zero attached hydrogens (tertiary/aromatic N) is 2. The summed E-state index contributed by atoms with van der Waals surface area (Å²) in [6.45, 7) is 12.0. The van der Waals surface area contributed by atoms with Crippen LogP contribution in [0, 0.1) is 5.92 Å². The molecule has 0 aromatic rings. The van der Waals surface area contributed by atoms with Crippen molar-refractivity contribution in [3.8, 4) is 0 Å². The van der Waals surface area contributed by atoms with E-state index in [-0.39, 0.29) is 6.09 Å². The molecular weight excluding hydrogens is 252 g/mol. The molecule has 0 atom stereocenters. The number of hydrogen-bond donors (Lipinski definition) is 0. The van der Waals surface area contributed by atoms with Crippen molar-refractivity contribution >= 4 is 6.09 Å². The number of piperidine rings is 1. The largest absolute Gasteiger partial charge is 0.444 e. The minimum atomic E-state index is -0.392. The molecule has 1 heterocycles. The van der Waals surface area contributed by atoms with E-state index in [1.165, 1.54) is 25.9 Å². The SMILES string of the molecule is CCCN(C)CCC1CCN(C(=O)OC(C)(C)C)CC1. The van der Waals surface area contributed by atoms with Crippen LogP contribution in [-0.2, 0) is 4.74 Å². The molecule has 0 N–H and O–H groups in total. The lowest BCUT2D eigenvalue weighted by Gasteiger charge is -2.34. The van der Waals surface area contributed by atoms with Gasteiger partial charge in [-0.15, -0.1) is 0 Å². The Balaban J connectivity index is 2.24. The van der Waals surface area contributed by atoms with Crippen molar-refractivity contribution in [1.82, 2.24) is 9.80 Å². The Morgan fingerprint density at radius 1 is 1.25 bits per heavy atom. The zero-order valence-corrected chi connectivity index (χ0v) is 13.9. The zero-order chi connectivity index (χ0) is 15.2. The monoisotopic (exact) mass is 284 g/mol. The van der Waals surface area contributed by atoms with Crippen molar-refractivity contribution in [1.29, 1.82) is 0 Å². The van der Waals surface area contributed by atoms with E-state index in [1.807, 2.05) is 25.7 Å². The summed E-state index contributed by atoms with van der Waals surface area (Å²) in [4.78, 5) is 16.2. The standard InChI is InChI=1S/C16H32N2O2/c1-6-10-17(5)11-7-14-8-12-18(13-9-14)15(19)20-16(2,3)4/h14H,6-13H2,1-5H3. The molecule has 1 amide bonds. The van der Waals surface area contributed by atoms with Crippen molar-refractivity contribution in [3.05, 3.63) is 0 Å². The molecule has 0 saturated carbocycles. The van der Waals surface area contributed by atoms with Gasteiger partial charge in [0.1, 0.15) is 5.60 Å². The zero-order valence-electron chi connectivity index (χ0n) is 13.9. The van der Waals surface area contributed by atoms with Crippen LogP contribution < -0.4 is 0 Å². The number of carbonyl (C=O) groups is 1. The van der Waals surface area contributed by atoms with Gasteiger partial charge in [-0.3, -0.25) is 0 Å². The van der Waals surface area contributed by atoms with Crippen molar-refractivity contribution < 1.29 is 9.53 Å². The summed E-state index contributed by atoms with van der Waals surface area (Å²) in [6, 6.07) is 0. The van der Waals surface area contributed by atoms with Gasteiger partial charge >= 0.3 is 6.09 Å². The Hall–Kier alpha value is -0.770. The number of likely N-dealkylation sites (tertiary alicyclic amines) is 1. The Kier molecular flexibility index (Phi) is 6.80. The minimum absolute atomic E-state index is 0.154. The second-order valence-corrected chi connectivity index (χ2v) is 7.00. The van der Waals surface area contributed by atoms with E-state index < -0.39 is 5.60 Å². The van der Waals surface area contributed by atoms with Gasteiger partial charge < -0.3 is 14.5 Å². The second kappa shape index (κ2) is 7.87. The molecule has 0 aromatic carbocycles. The van der Waals surface area contributed by atoms with Crippen LogP contribution in [0.1, 0.15) is 53.4 Å². The number of carbonyl (C=O) groups excluding carboxylic acids is 1. The normalized spacial score (nSPS) is 17.6. The fourth-order valence-electron chi connectivity index (χ4n) is 2.63. The number of rotatable bonds is 5. The molecule has 0 aromatic heterocycles. The van der Waals surface area contributed by atoms with Crippen LogP contribution >= 0.6 is 0 Å². The Bertz CT molecular complexity index is 291. The molecule has 118 valence electrons. The maximum atomic E-state index is 12.0. The maximum absolute atomic E-state index is 12.0. The molecule has 4 nitrogen and oxygen atoms in total. The summed E-state index contributed by atoms with van der Waals surface area (Å²) in [5.41, 5.74) is -0.392. The lowest BCUT2D eigenvalue weighted by atomic mass is 9.93. The second-order valence-electron chi connectivity index (χ2n) is 7.00. The highest BCUT2D eigenvalue weighted by molar-refractivity contribution is 5.68. The first-order chi connectivity index (χ1) is 9.31. The lowest BCUT2D eigenvalue weighted by Crippen LogP contribution is -2.42. The van der Waals surface area contributed by atoms with Crippen molar-refractivity contribution in [2.24, 2.45) is 5.92 Å². The van der Waals surface area contributed by atoms with Crippen LogP contribution in [0.4, 0.5) is 4.79 Å². The van der Waals surface area contributed by atoms with Crippen LogP contribution in [0.3, 0.4) is 0 Å². The Morgan fingerprint density at radius 3 is 2.35 bits per heavy atom. The van der Waals surface area contributed by atoms with Crippen molar-refractivity contribution in [2.45, 2.75) is 59.0 Å². The predicted molar refractivity (Wildman–Crippen MR) is 82.9 cm³/mol. The highest BCUT2D eigenvalue weighted by atomic mass is 16.6. The van der Waals surface area contributed by atoms with Gasteiger partial charge in [0.2, 0.25) is 0 Å². The Morgan fingerprint density at radius 2 is 1.85 bits per heavy atom. The van der Waals surface area contributed by atoms with E-state index in [2.05, 4.69) is 18.9 Å². The third-order valence-corrected chi connectivity index (χ3v) is 3.79. The lowest BCUT2D eigenvalue weighted by molar-refractivity contribution is 0.0178. The molecule has 0 unspecified atom stereocenters. The molecule has 0 spiro atoms. The van der Waals surface area contributed by atoms with Crippen LogP contribution in [-0.4, -0.2) is 54.7 Å². The summed E-state index contributed by atoms with van der Waals surface area (Å²) >= 11 is 0. The van der Waals surface area contributed by atoms with E-state index in [1.54, 1.807) is 0 Å². The fraction of sp³-hybridized carbons (Fsp3) is 0.938. The number of amides is 1. The predicted octanol–water partition coefficient (Wildman–Crippen LogP) is 3.37. The molecule has 4 heteroatoms. The average Bonchev–Trinajstić information content (AvgIpc) is 2.35. The molecule has 0 bridgehead atoms. The highest BCUT2D eigenvalue weighted by Gasteiger charge is 2.26. The van der Waals surface area contributed by atoms with Gasteiger partial charge in [-0.1, -0.05) is 6.92 Å². The van der Waals surface area contributed by atoms with Crippen LogP contribution in [0.25, 0.3) is 0 Å². The van der Waals surface area contributed by atoms with Crippen molar-refractivity contribution in [2.75, 3.05) is 33.2 Å². The Labute approximate surface area is 124 Å². The van der Waals surface area contributed by atoms with Crippen molar-refractivity contribution in [3.63, 3.8) is 0 Å². The molecule has 0 radical (unpaired) electrons. The summed E-state index contributed by atoms with van der Waals surface area (Å²) in [5.74, 6) is 0.757. The smallest absolute Gasteiger partial charge is 0.410 e. The van der Waals surface area contributed by atoms with Gasteiger partial charge in [-0.05, 0) is 72.5 Å². The van der Waals surface area contributed by atoms with Crippen LogP contribution in [0.15, 0.2) is 0 Å². The van der Waals surface area contributed by atoms with E-state index in [4.69, 9.17) is 4.74 Å². The van der Waals surface area contributed by atoms with Crippen LogP contribution in [0.5, 0.6) is 0 Å². The molecule has 1 aliphatic rings. The van der Waals surface area contributed by atoms with Crippen LogP contribution in [0.2, 0.25) is 0 Å². The first-order valence-electron chi connectivity index (χ1n) is 7.98. The molecule has 1 aliphatic heterocycles. The van der Waals surface area contributed by atoms with Gasteiger partial charge in [0.15, 0.2) is 0 Å². The van der Waals surface area contributed by atoms with Gasteiger partial charge in [0.05, 0.1) is 0 Å².